The minimum Gasteiger partial charge on any atom is -0.350 e. The zero-order chi connectivity index (χ0) is 16.9. The van der Waals surface area contributed by atoms with Gasteiger partial charge in [0.15, 0.2) is 0 Å². The molecule has 1 amide bonds. The Morgan fingerprint density at radius 2 is 1.96 bits per heavy atom. The molecule has 0 saturated carbocycles. The van der Waals surface area contributed by atoms with E-state index in [0.29, 0.717) is 19.0 Å². The summed E-state index contributed by atoms with van der Waals surface area (Å²) in [6.07, 6.45) is 1.05. The van der Waals surface area contributed by atoms with E-state index >= 15 is 0 Å². The average Bonchev–Trinajstić information content (AvgIpc) is 3.20. The summed E-state index contributed by atoms with van der Waals surface area (Å²) >= 11 is 1.77. The first-order chi connectivity index (χ1) is 11.7. The summed E-state index contributed by atoms with van der Waals surface area (Å²) < 4.78 is 0. The lowest BCUT2D eigenvalue weighted by atomic mass is 9.95. The number of likely N-dealkylation sites (tertiary alicyclic amines) is 1. The lowest BCUT2D eigenvalue weighted by molar-refractivity contribution is -0.122. The average molecular weight is 343 g/mol. The van der Waals surface area contributed by atoms with E-state index in [-0.39, 0.29) is 11.9 Å². The van der Waals surface area contributed by atoms with Crippen molar-refractivity contribution in [2.75, 3.05) is 19.6 Å². The highest BCUT2D eigenvalue weighted by Gasteiger charge is 2.31. The van der Waals surface area contributed by atoms with Crippen LogP contribution in [0.5, 0.6) is 0 Å². The minimum atomic E-state index is 0.0716. The molecule has 0 aliphatic carbocycles. The Morgan fingerprint density at radius 1 is 1.21 bits per heavy atom. The second-order valence-electron chi connectivity index (χ2n) is 6.37. The molecule has 2 aromatic rings. The molecule has 1 aliphatic heterocycles. The van der Waals surface area contributed by atoms with Gasteiger partial charge in [-0.1, -0.05) is 37.3 Å². The van der Waals surface area contributed by atoms with Crippen molar-refractivity contribution in [2.45, 2.75) is 31.8 Å². The molecule has 4 nitrogen and oxygen atoms in total. The van der Waals surface area contributed by atoms with E-state index in [0.717, 1.165) is 19.5 Å². The maximum Gasteiger partial charge on any atom is 0.234 e. The Hall–Kier alpha value is -1.69. The zero-order valence-electron chi connectivity index (χ0n) is 14.1. The van der Waals surface area contributed by atoms with Gasteiger partial charge in [-0.3, -0.25) is 9.69 Å². The number of carbonyl (C=O) groups is 1. The van der Waals surface area contributed by atoms with Gasteiger partial charge in [0.2, 0.25) is 5.91 Å². The molecule has 0 radical (unpaired) electrons. The molecule has 3 N–H and O–H groups in total. The van der Waals surface area contributed by atoms with Crippen LogP contribution in [0.4, 0.5) is 0 Å². The highest BCUT2D eigenvalue weighted by Crippen LogP contribution is 2.26. The van der Waals surface area contributed by atoms with Crippen LogP contribution in [0.2, 0.25) is 0 Å². The number of benzene rings is 1. The molecule has 5 heteroatoms. The van der Waals surface area contributed by atoms with Gasteiger partial charge in [-0.2, -0.15) is 0 Å². The number of rotatable bonds is 6. The van der Waals surface area contributed by atoms with E-state index < -0.39 is 0 Å². The number of aryl methyl sites for hydroxylation is 1. The molecular formula is C19H25N3OS. The number of nitrogens with one attached hydrogen (secondary N) is 1. The second kappa shape index (κ2) is 7.92. The number of nitrogens with two attached hydrogens (primary N) is 1. The molecule has 0 bridgehead atoms. The molecule has 1 aliphatic rings. The summed E-state index contributed by atoms with van der Waals surface area (Å²) in [5.41, 5.74) is 7.55. The van der Waals surface area contributed by atoms with Crippen LogP contribution in [0.3, 0.4) is 0 Å². The predicted molar refractivity (Wildman–Crippen MR) is 99.1 cm³/mol. The normalized spacial score (nSPS) is 21.1. The van der Waals surface area contributed by atoms with Gasteiger partial charge < -0.3 is 11.1 Å². The SMILES string of the molecule is CCc1ccc(CNC(=O)CN2C[C@@H](N)[C@H](c3ccccc3)C2)s1. The van der Waals surface area contributed by atoms with Crippen LogP contribution in [0.25, 0.3) is 0 Å². The molecular weight excluding hydrogens is 318 g/mol. The second-order valence-corrected chi connectivity index (χ2v) is 7.63. The van der Waals surface area contributed by atoms with Crippen LogP contribution in [-0.2, 0) is 17.8 Å². The maximum atomic E-state index is 12.2. The van der Waals surface area contributed by atoms with Gasteiger partial charge in [0.1, 0.15) is 0 Å². The smallest absolute Gasteiger partial charge is 0.234 e. The van der Waals surface area contributed by atoms with Gasteiger partial charge in [0, 0.05) is 34.8 Å². The van der Waals surface area contributed by atoms with Crippen LogP contribution in [0, 0.1) is 0 Å². The van der Waals surface area contributed by atoms with Crippen molar-refractivity contribution in [3.05, 3.63) is 57.8 Å². The van der Waals surface area contributed by atoms with E-state index in [2.05, 4.69) is 41.4 Å². The molecule has 2 heterocycles. The van der Waals surface area contributed by atoms with Crippen LogP contribution in [0.15, 0.2) is 42.5 Å². The predicted octanol–water partition coefficient (Wildman–Crippen LogP) is 2.35. The number of amides is 1. The Labute approximate surface area is 147 Å². The molecule has 1 aromatic carbocycles. The van der Waals surface area contributed by atoms with Crippen molar-refractivity contribution in [1.82, 2.24) is 10.2 Å². The third kappa shape index (κ3) is 4.23. The number of hydrogen-bond acceptors (Lipinski definition) is 4. The fourth-order valence-corrected chi connectivity index (χ4v) is 4.15. The zero-order valence-corrected chi connectivity index (χ0v) is 14.9. The van der Waals surface area contributed by atoms with Crippen LogP contribution in [0.1, 0.15) is 28.2 Å². The first kappa shape index (κ1) is 17.1. The molecule has 3 rings (SSSR count). The van der Waals surface area contributed by atoms with Gasteiger partial charge in [0.25, 0.3) is 0 Å². The third-order valence-corrected chi connectivity index (χ3v) is 5.79. The third-order valence-electron chi connectivity index (χ3n) is 4.56. The number of carbonyl (C=O) groups excluding carboxylic acids is 1. The Balaban J connectivity index is 1.48. The highest BCUT2D eigenvalue weighted by molar-refractivity contribution is 7.11. The van der Waals surface area contributed by atoms with Gasteiger partial charge in [0.05, 0.1) is 13.1 Å². The summed E-state index contributed by atoms with van der Waals surface area (Å²) in [5.74, 6) is 0.380. The molecule has 128 valence electrons. The molecule has 1 fully saturated rings. The molecule has 0 spiro atoms. The topological polar surface area (TPSA) is 58.4 Å². The summed E-state index contributed by atoms with van der Waals surface area (Å²) in [6, 6.07) is 14.7. The van der Waals surface area contributed by atoms with Crippen molar-refractivity contribution in [2.24, 2.45) is 5.73 Å². The van der Waals surface area contributed by atoms with E-state index in [1.165, 1.54) is 15.3 Å². The standard InChI is InChI=1S/C19H25N3OS/c1-2-15-8-9-16(24-15)10-21-19(23)13-22-11-17(18(20)12-22)14-6-4-3-5-7-14/h3-9,17-18H,2,10-13,20H2,1H3,(H,21,23)/t17-,18+/m0/s1. The summed E-state index contributed by atoms with van der Waals surface area (Å²) in [7, 11) is 0. The van der Waals surface area contributed by atoms with Crippen molar-refractivity contribution >= 4 is 17.2 Å². The quantitative estimate of drug-likeness (QED) is 0.846. The van der Waals surface area contributed by atoms with E-state index in [4.69, 9.17) is 5.73 Å². The van der Waals surface area contributed by atoms with Crippen molar-refractivity contribution in [3.63, 3.8) is 0 Å². The van der Waals surface area contributed by atoms with Crippen molar-refractivity contribution < 1.29 is 4.79 Å². The first-order valence-electron chi connectivity index (χ1n) is 8.53. The minimum absolute atomic E-state index is 0.0716. The van der Waals surface area contributed by atoms with Crippen LogP contribution >= 0.6 is 11.3 Å². The first-order valence-corrected chi connectivity index (χ1v) is 9.34. The summed E-state index contributed by atoms with van der Waals surface area (Å²) in [6.45, 7) is 4.80. The van der Waals surface area contributed by atoms with Crippen molar-refractivity contribution in [3.8, 4) is 0 Å². The fourth-order valence-electron chi connectivity index (χ4n) is 3.25. The fraction of sp³-hybridized carbons (Fsp3) is 0.421. The Morgan fingerprint density at radius 3 is 2.67 bits per heavy atom. The monoisotopic (exact) mass is 343 g/mol. The number of nitrogens with zero attached hydrogens (tertiary/aromatic N) is 1. The number of thiophene rings is 1. The van der Waals surface area contributed by atoms with E-state index in [1.54, 1.807) is 11.3 Å². The molecule has 24 heavy (non-hydrogen) atoms. The van der Waals surface area contributed by atoms with Crippen LogP contribution in [-0.4, -0.2) is 36.5 Å². The van der Waals surface area contributed by atoms with Gasteiger partial charge >= 0.3 is 0 Å². The van der Waals surface area contributed by atoms with Gasteiger partial charge in [-0.25, -0.2) is 0 Å². The van der Waals surface area contributed by atoms with Gasteiger partial charge in [-0.15, -0.1) is 11.3 Å². The lowest BCUT2D eigenvalue weighted by Crippen LogP contribution is -2.36. The Bertz CT molecular complexity index is 670. The molecule has 0 unspecified atom stereocenters. The maximum absolute atomic E-state index is 12.2. The summed E-state index contributed by atoms with van der Waals surface area (Å²) in [5, 5.41) is 3.02. The molecule has 2 atom stereocenters. The van der Waals surface area contributed by atoms with Crippen molar-refractivity contribution in [1.29, 1.82) is 0 Å². The molecule has 1 saturated heterocycles. The van der Waals surface area contributed by atoms with Crippen LogP contribution < -0.4 is 11.1 Å². The van der Waals surface area contributed by atoms with Gasteiger partial charge in [-0.05, 0) is 24.1 Å². The highest BCUT2D eigenvalue weighted by atomic mass is 32.1. The largest absolute Gasteiger partial charge is 0.350 e. The van der Waals surface area contributed by atoms with E-state index in [9.17, 15) is 4.79 Å². The number of hydrogen-bond donors (Lipinski definition) is 2. The Kier molecular flexibility index (Phi) is 5.66. The molecule has 1 aromatic heterocycles. The summed E-state index contributed by atoms with van der Waals surface area (Å²) in [4.78, 5) is 16.9. The lowest BCUT2D eigenvalue weighted by Gasteiger charge is -2.15. The van der Waals surface area contributed by atoms with E-state index in [1.807, 2.05) is 18.2 Å².